The molecule has 20 heavy (non-hydrogen) atoms. The lowest BCUT2D eigenvalue weighted by atomic mass is 10.0. The molecular weight excluding hydrogens is 268 g/mol. The Morgan fingerprint density at radius 1 is 1.40 bits per heavy atom. The van der Waals surface area contributed by atoms with E-state index in [2.05, 4.69) is 17.4 Å². The predicted molar refractivity (Wildman–Crippen MR) is 85.5 cm³/mol. The summed E-state index contributed by atoms with van der Waals surface area (Å²) in [5.41, 5.74) is 7.02. The molecule has 3 atom stereocenters. The average Bonchev–Trinajstić information content (AvgIpc) is 2.93. The zero-order chi connectivity index (χ0) is 14.4. The molecule has 0 bridgehead atoms. The van der Waals surface area contributed by atoms with Crippen LogP contribution in [0, 0.1) is 5.92 Å². The molecule has 0 spiro atoms. The number of rotatable bonds is 6. The standard InChI is InChI=1S/C16H24N2OS/c1-12(20-11-13-6-3-2-4-7-13)16(19)18-15-9-5-8-14(15)10-17/h2-4,6-7,12,14-15H,5,8-11,17H2,1H3,(H,18,19). The van der Waals surface area contributed by atoms with E-state index >= 15 is 0 Å². The van der Waals surface area contributed by atoms with E-state index in [4.69, 9.17) is 5.73 Å². The topological polar surface area (TPSA) is 55.1 Å². The molecule has 3 nitrogen and oxygen atoms in total. The van der Waals surface area contributed by atoms with Crippen molar-refractivity contribution in [2.75, 3.05) is 6.54 Å². The van der Waals surface area contributed by atoms with Gasteiger partial charge in [-0.1, -0.05) is 36.8 Å². The van der Waals surface area contributed by atoms with Gasteiger partial charge in [-0.25, -0.2) is 0 Å². The van der Waals surface area contributed by atoms with Crippen LogP contribution >= 0.6 is 11.8 Å². The summed E-state index contributed by atoms with van der Waals surface area (Å²) in [5, 5.41) is 3.16. The van der Waals surface area contributed by atoms with Crippen molar-refractivity contribution >= 4 is 17.7 Å². The molecule has 1 aliphatic carbocycles. The fourth-order valence-corrected chi connectivity index (χ4v) is 3.53. The fraction of sp³-hybridized carbons (Fsp3) is 0.562. The molecule has 2 rings (SSSR count). The van der Waals surface area contributed by atoms with Crippen molar-refractivity contribution in [2.45, 2.75) is 43.2 Å². The highest BCUT2D eigenvalue weighted by molar-refractivity contribution is 7.99. The molecule has 1 aromatic carbocycles. The quantitative estimate of drug-likeness (QED) is 0.847. The summed E-state index contributed by atoms with van der Waals surface area (Å²) in [4.78, 5) is 12.2. The van der Waals surface area contributed by atoms with Gasteiger partial charge in [0.1, 0.15) is 0 Å². The Morgan fingerprint density at radius 2 is 2.15 bits per heavy atom. The molecule has 0 aliphatic heterocycles. The highest BCUT2D eigenvalue weighted by Gasteiger charge is 2.28. The number of nitrogens with one attached hydrogen (secondary N) is 1. The van der Waals surface area contributed by atoms with E-state index in [1.807, 2.05) is 25.1 Å². The van der Waals surface area contributed by atoms with Gasteiger partial charge in [0.05, 0.1) is 5.25 Å². The third-order valence-corrected chi connectivity index (χ3v) is 5.22. The number of benzene rings is 1. The lowest BCUT2D eigenvalue weighted by Crippen LogP contribution is -2.43. The van der Waals surface area contributed by atoms with Gasteiger partial charge in [0.25, 0.3) is 0 Å². The minimum absolute atomic E-state index is 0.0192. The molecule has 3 unspecified atom stereocenters. The van der Waals surface area contributed by atoms with Crippen LogP contribution in [0.4, 0.5) is 0 Å². The van der Waals surface area contributed by atoms with Gasteiger partial charge in [-0.2, -0.15) is 0 Å². The van der Waals surface area contributed by atoms with Crippen LogP contribution in [0.5, 0.6) is 0 Å². The van der Waals surface area contributed by atoms with Crippen LogP contribution in [0.2, 0.25) is 0 Å². The number of thioether (sulfide) groups is 1. The molecule has 1 amide bonds. The minimum Gasteiger partial charge on any atom is -0.352 e. The third kappa shape index (κ3) is 4.25. The van der Waals surface area contributed by atoms with E-state index in [9.17, 15) is 4.79 Å². The monoisotopic (exact) mass is 292 g/mol. The van der Waals surface area contributed by atoms with E-state index in [1.54, 1.807) is 11.8 Å². The number of amides is 1. The van der Waals surface area contributed by atoms with Crippen LogP contribution in [0.3, 0.4) is 0 Å². The third-order valence-electron chi connectivity index (χ3n) is 4.00. The Hall–Kier alpha value is -1.00. The summed E-state index contributed by atoms with van der Waals surface area (Å²) in [6.07, 6.45) is 3.40. The molecule has 0 radical (unpaired) electrons. The lowest BCUT2D eigenvalue weighted by molar-refractivity contribution is -0.121. The zero-order valence-corrected chi connectivity index (χ0v) is 12.9. The average molecular weight is 292 g/mol. The number of hydrogen-bond acceptors (Lipinski definition) is 3. The molecule has 1 fully saturated rings. The van der Waals surface area contributed by atoms with Gasteiger partial charge < -0.3 is 11.1 Å². The summed E-state index contributed by atoms with van der Waals surface area (Å²) in [7, 11) is 0. The van der Waals surface area contributed by atoms with Crippen LogP contribution < -0.4 is 11.1 Å². The van der Waals surface area contributed by atoms with Crippen LogP contribution in [-0.2, 0) is 10.5 Å². The van der Waals surface area contributed by atoms with Gasteiger partial charge in [-0.15, -0.1) is 11.8 Å². The van der Waals surface area contributed by atoms with E-state index in [0.29, 0.717) is 12.5 Å². The van der Waals surface area contributed by atoms with Crippen LogP contribution in [-0.4, -0.2) is 23.7 Å². The van der Waals surface area contributed by atoms with E-state index in [-0.39, 0.29) is 17.2 Å². The molecule has 1 saturated carbocycles. The van der Waals surface area contributed by atoms with Crippen molar-refractivity contribution in [2.24, 2.45) is 11.7 Å². The Labute approximate surface area is 125 Å². The van der Waals surface area contributed by atoms with Crippen LogP contribution in [0.1, 0.15) is 31.7 Å². The first-order valence-corrected chi connectivity index (χ1v) is 8.41. The molecule has 0 aromatic heterocycles. The zero-order valence-electron chi connectivity index (χ0n) is 12.0. The number of hydrogen-bond donors (Lipinski definition) is 2. The normalized spacial score (nSPS) is 23.5. The maximum Gasteiger partial charge on any atom is 0.233 e. The van der Waals surface area contributed by atoms with Crippen molar-refractivity contribution in [3.8, 4) is 0 Å². The highest BCUT2D eigenvalue weighted by Crippen LogP contribution is 2.25. The Balaban J connectivity index is 1.77. The van der Waals surface area contributed by atoms with Gasteiger partial charge in [0.2, 0.25) is 5.91 Å². The van der Waals surface area contributed by atoms with Crippen molar-refractivity contribution in [1.29, 1.82) is 0 Å². The first-order chi connectivity index (χ1) is 9.70. The molecule has 0 heterocycles. The van der Waals surface area contributed by atoms with E-state index in [1.165, 1.54) is 12.0 Å². The van der Waals surface area contributed by atoms with Crippen molar-refractivity contribution in [3.63, 3.8) is 0 Å². The molecule has 110 valence electrons. The second-order valence-corrected chi connectivity index (χ2v) is 6.81. The second kappa shape index (κ2) is 7.70. The Morgan fingerprint density at radius 3 is 2.85 bits per heavy atom. The van der Waals surface area contributed by atoms with Gasteiger partial charge in [-0.05, 0) is 37.8 Å². The lowest BCUT2D eigenvalue weighted by Gasteiger charge is -2.21. The van der Waals surface area contributed by atoms with Gasteiger partial charge >= 0.3 is 0 Å². The van der Waals surface area contributed by atoms with E-state index < -0.39 is 0 Å². The Kier molecular flexibility index (Phi) is 5.92. The molecule has 1 aliphatic rings. The van der Waals surface area contributed by atoms with Crippen molar-refractivity contribution in [1.82, 2.24) is 5.32 Å². The van der Waals surface area contributed by atoms with Crippen LogP contribution in [0.25, 0.3) is 0 Å². The summed E-state index contributed by atoms with van der Waals surface area (Å²) < 4.78 is 0. The Bertz CT molecular complexity index is 424. The summed E-state index contributed by atoms with van der Waals surface area (Å²) in [6, 6.07) is 10.6. The molecule has 3 N–H and O–H groups in total. The van der Waals surface area contributed by atoms with Crippen molar-refractivity contribution in [3.05, 3.63) is 35.9 Å². The largest absolute Gasteiger partial charge is 0.352 e. The SMILES string of the molecule is CC(SCc1ccccc1)C(=O)NC1CCCC1CN. The summed E-state index contributed by atoms with van der Waals surface area (Å²) in [6.45, 7) is 2.66. The predicted octanol–water partition coefficient (Wildman–Crippen LogP) is 2.55. The highest BCUT2D eigenvalue weighted by atomic mass is 32.2. The van der Waals surface area contributed by atoms with Crippen molar-refractivity contribution < 1.29 is 4.79 Å². The fourth-order valence-electron chi connectivity index (χ4n) is 2.68. The molecule has 0 saturated heterocycles. The summed E-state index contributed by atoms with van der Waals surface area (Å²) in [5.74, 6) is 1.49. The van der Waals surface area contributed by atoms with Crippen LogP contribution in [0.15, 0.2) is 30.3 Å². The minimum atomic E-state index is -0.0192. The number of carbonyl (C=O) groups is 1. The smallest absolute Gasteiger partial charge is 0.233 e. The maximum atomic E-state index is 12.2. The van der Waals surface area contributed by atoms with Gasteiger partial charge in [-0.3, -0.25) is 4.79 Å². The van der Waals surface area contributed by atoms with Gasteiger partial charge in [0.15, 0.2) is 0 Å². The number of carbonyl (C=O) groups excluding carboxylic acids is 1. The maximum absolute atomic E-state index is 12.2. The molecule has 4 heteroatoms. The number of nitrogens with two attached hydrogens (primary N) is 1. The van der Waals surface area contributed by atoms with E-state index in [0.717, 1.165) is 18.6 Å². The molecule has 1 aromatic rings. The second-order valence-electron chi connectivity index (χ2n) is 5.48. The van der Waals surface area contributed by atoms with Gasteiger partial charge in [0, 0.05) is 11.8 Å². The first-order valence-electron chi connectivity index (χ1n) is 7.36. The molecular formula is C16H24N2OS. The first kappa shape index (κ1) is 15.4. The summed E-state index contributed by atoms with van der Waals surface area (Å²) >= 11 is 1.69.